The number of hydrogen-bond donors (Lipinski definition) is 4. The van der Waals surface area contributed by atoms with E-state index in [2.05, 4.69) is 66.0 Å². The number of aryl methyl sites for hydroxylation is 4. The van der Waals surface area contributed by atoms with Crippen LogP contribution in [-0.4, -0.2) is 101 Å². The van der Waals surface area contributed by atoms with Crippen molar-refractivity contribution in [3.05, 3.63) is 101 Å². The largest absolute Gasteiger partial charge is 0.372 e. The first-order chi connectivity index (χ1) is 29.6. The molecule has 0 saturated carbocycles. The Hall–Kier alpha value is -6.81. The van der Waals surface area contributed by atoms with E-state index in [4.69, 9.17) is 15.8 Å². The highest BCUT2D eigenvalue weighted by atomic mass is 16.2. The van der Waals surface area contributed by atoms with Crippen molar-refractivity contribution in [2.24, 2.45) is 11.7 Å². The van der Waals surface area contributed by atoms with E-state index in [0.29, 0.717) is 66.1 Å². The molecule has 0 radical (unpaired) electrons. The molecule has 7 heterocycles. The number of urea groups is 1. The number of fused-ring (bicyclic) bond motifs is 2. The number of imide groups is 1. The smallest absolute Gasteiger partial charge is 0.328 e. The number of amides is 5. The van der Waals surface area contributed by atoms with Crippen LogP contribution in [0.5, 0.6) is 0 Å². The van der Waals surface area contributed by atoms with Crippen LogP contribution in [0, 0.1) is 19.8 Å². The second-order valence-electron chi connectivity index (χ2n) is 16.3. The Morgan fingerprint density at radius 3 is 2.25 bits per heavy atom. The van der Waals surface area contributed by atoms with E-state index in [1.807, 2.05) is 31.2 Å². The number of anilines is 6. The number of piperazine rings is 1. The lowest BCUT2D eigenvalue weighted by molar-refractivity contribution is -0.120. The normalized spacial score (nSPS) is 17.2. The number of hydrogen-bond acceptors (Lipinski definition) is 11. The maximum absolute atomic E-state index is 13.1. The third-order valence-corrected chi connectivity index (χ3v) is 12.3. The molecule has 4 aliphatic rings. The van der Waals surface area contributed by atoms with Gasteiger partial charge in [0.2, 0.25) is 5.91 Å². The highest BCUT2D eigenvalue weighted by molar-refractivity contribution is 6.07. The predicted molar refractivity (Wildman–Crippen MR) is 235 cm³/mol. The average molecular weight is 823 g/mol. The number of carbonyl (C=O) groups excluding carboxylic acids is 4. The summed E-state index contributed by atoms with van der Waals surface area (Å²) in [6, 6.07) is 23.0. The first kappa shape index (κ1) is 39.6. The first-order valence-electron chi connectivity index (χ1n) is 21.0. The van der Waals surface area contributed by atoms with Crippen LogP contribution in [-0.2, 0) is 17.8 Å². The molecule has 3 aromatic heterocycles. The fourth-order valence-corrected chi connectivity index (χ4v) is 8.93. The van der Waals surface area contributed by atoms with E-state index in [-0.39, 0.29) is 23.4 Å². The summed E-state index contributed by atoms with van der Waals surface area (Å²) in [6.45, 7) is 11.6. The topological polar surface area (TPSA) is 187 Å². The molecule has 0 spiro atoms. The Morgan fingerprint density at radius 2 is 1.52 bits per heavy atom. The molecule has 9 rings (SSSR count). The van der Waals surface area contributed by atoms with Gasteiger partial charge in [-0.15, -0.1) is 0 Å². The predicted octanol–water partition coefficient (Wildman–Crippen LogP) is 5.09. The highest BCUT2D eigenvalue weighted by Gasteiger charge is 2.30. The minimum absolute atomic E-state index is 0.226. The van der Waals surface area contributed by atoms with Gasteiger partial charge in [0, 0.05) is 93.8 Å². The maximum atomic E-state index is 13.1. The maximum Gasteiger partial charge on any atom is 0.328 e. The van der Waals surface area contributed by atoms with Crippen LogP contribution in [0.15, 0.2) is 72.8 Å². The molecule has 5 amide bonds. The molecular weight excluding hydrogens is 773 g/mol. The minimum atomic E-state index is -0.615. The number of aromatic nitrogens is 4. The first-order valence-corrected chi connectivity index (χ1v) is 21.0. The number of piperidine rings is 1. The average Bonchev–Trinajstić information content (AvgIpc) is 3.52. The van der Waals surface area contributed by atoms with Gasteiger partial charge in [-0.05, 0) is 111 Å². The zero-order chi connectivity index (χ0) is 42.2. The van der Waals surface area contributed by atoms with Crippen molar-refractivity contribution in [1.82, 2.24) is 30.0 Å². The van der Waals surface area contributed by atoms with Gasteiger partial charge in [0.1, 0.15) is 22.9 Å². The molecule has 4 aliphatic heterocycles. The summed E-state index contributed by atoms with van der Waals surface area (Å²) in [7, 11) is 0. The Labute approximate surface area is 354 Å². The summed E-state index contributed by atoms with van der Waals surface area (Å²) in [5.41, 5.74) is 14.0. The molecule has 0 unspecified atom stereocenters. The van der Waals surface area contributed by atoms with Crippen molar-refractivity contribution < 1.29 is 19.2 Å². The van der Waals surface area contributed by atoms with Crippen LogP contribution in [0.2, 0.25) is 0 Å². The van der Waals surface area contributed by atoms with E-state index < -0.39 is 5.91 Å². The third kappa shape index (κ3) is 8.35. The number of nitrogens with two attached hydrogens (primary N) is 1. The van der Waals surface area contributed by atoms with E-state index in [1.54, 1.807) is 34.7 Å². The van der Waals surface area contributed by atoms with Crippen molar-refractivity contribution in [1.29, 1.82) is 0 Å². The van der Waals surface area contributed by atoms with Gasteiger partial charge in [0.05, 0.1) is 17.0 Å². The summed E-state index contributed by atoms with van der Waals surface area (Å²) >= 11 is 0. The van der Waals surface area contributed by atoms with Gasteiger partial charge in [-0.25, -0.2) is 14.5 Å². The van der Waals surface area contributed by atoms with Gasteiger partial charge in [0.25, 0.3) is 11.8 Å². The van der Waals surface area contributed by atoms with Gasteiger partial charge in [-0.2, -0.15) is 5.10 Å². The van der Waals surface area contributed by atoms with Crippen molar-refractivity contribution in [3.8, 4) is 11.4 Å². The van der Waals surface area contributed by atoms with Gasteiger partial charge < -0.3 is 26.2 Å². The van der Waals surface area contributed by atoms with E-state index >= 15 is 0 Å². The molecule has 0 atom stereocenters. The van der Waals surface area contributed by atoms with Gasteiger partial charge in [-0.3, -0.25) is 34.5 Å². The molecule has 0 bridgehead atoms. The molecule has 61 heavy (non-hydrogen) atoms. The molecule has 0 aliphatic carbocycles. The molecule has 5 aromatic rings. The van der Waals surface area contributed by atoms with Gasteiger partial charge >= 0.3 is 6.03 Å². The highest BCUT2D eigenvalue weighted by Crippen LogP contribution is 2.36. The van der Waals surface area contributed by atoms with Crippen LogP contribution in [0.25, 0.3) is 11.4 Å². The standard InChI is InChI=1S/C45H50N12O4/c1-28-4-3-5-38(47-28)50-44(60)35-11-13-37(48-29(35)2)41-40(42(46)59)43-49-36-12-10-34(26-31(36)16-21-57(43)52-41)55-24-22-53(23-25-55)27-30-14-18-54(19-15-30)32-6-8-33(9-7-32)56-20-17-39(58)51-45(56)61/h3-13,26,30,49H,14-25,27H2,1-2H3,(H2,46,59)(H,47,50,60)(H,51,58,61). The summed E-state index contributed by atoms with van der Waals surface area (Å²) < 4.78 is 1.79. The number of nitrogens with zero attached hydrogens (tertiary/aromatic N) is 8. The zero-order valence-corrected chi connectivity index (χ0v) is 34.5. The zero-order valence-electron chi connectivity index (χ0n) is 34.5. The second kappa shape index (κ2) is 16.7. The quantitative estimate of drug-likeness (QED) is 0.155. The van der Waals surface area contributed by atoms with Crippen LogP contribution >= 0.6 is 0 Å². The summed E-state index contributed by atoms with van der Waals surface area (Å²) in [5, 5.41) is 13.5. The Balaban J connectivity index is 0.791. The fraction of sp³-hybridized carbons (Fsp3) is 0.356. The lowest BCUT2D eigenvalue weighted by Crippen LogP contribution is -2.49. The Kier molecular flexibility index (Phi) is 10.8. The number of nitrogens with one attached hydrogen (secondary N) is 3. The molecular formula is C45H50N12O4. The monoisotopic (exact) mass is 822 g/mol. The lowest BCUT2D eigenvalue weighted by atomic mass is 9.95. The van der Waals surface area contributed by atoms with Crippen molar-refractivity contribution in [2.75, 3.05) is 77.7 Å². The molecule has 16 nitrogen and oxygen atoms in total. The number of pyridine rings is 2. The molecule has 2 aromatic carbocycles. The summed E-state index contributed by atoms with van der Waals surface area (Å²) in [5.74, 6) is 0.471. The van der Waals surface area contributed by atoms with E-state index in [0.717, 1.165) is 87.0 Å². The number of primary amides is 1. The molecule has 5 N–H and O–H groups in total. The van der Waals surface area contributed by atoms with E-state index in [1.165, 1.54) is 5.69 Å². The fourth-order valence-electron chi connectivity index (χ4n) is 8.93. The Morgan fingerprint density at radius 1 is 0.787 bits per heavy atom. The van der Waals surface area contributed by atoms with Crippen molar-refractivity contribution in [2.45, 2.75) is 46.1 Å². The van der Waals surface area contributed by atoms with Crippen molar-refractivity contribution in [3.63, 3.8) is 0 Å². The number of rotatable bonds is 9. The van der Waals surface area contributed by atoms with E-state index in [9.17, 15) is 19.2 Å². The summed E-state index contributed by atoms with van der Waals surface area (Å²) in [6.07, 6.45) is 3.31. The summed E-state index contributed by atoms with van der Waals surface area (Å²) in [4.78, 5) is 68.0. The molecule has 3 fully saturated rings. The van der Waals surface area contributed by atoms with Crippen LogP contribution in [0.4, 0.5) is 39.2 Å². The van der Waals surface area contributed by atoms with Gasteiger partial charge in [0.15, 0.2) is 0 Å². The van der Waals surface area contributed by atoms with Crippen LogP contribution in [0.1, 0.15) is 56.9 Å². The Bertz CT molecular complexity index is 2500. The molecule has 3 saturated heterocycles. The number of benzene rings is 2. The molecule has 16 heteroatoms. The van der Waals surface area contributed by atoms with Gasteiger partial charge in [-0.1, -0.05) is 6.07 Å². The van der Waals surface area contributed by atoms with Crippen molar-refractivity contribution >= 4 is 58.1 Å². The second-order valence-corrected chi connectivity index (χ2v) is 16.3. The third-order valence-electron chi connectivity index (χ3n) is 12.3. The SMILES string of the molecule is Cc1cccc(NC(=O)c2ccc(-c3nn4c(c3C(N)=O)Nc3ccc(N5CCN(CC6CCN(c7ccc(N8CCC(=O)NC8=O)cc7)CC6)CC5)cc3CC4)nc2C)n1. The molecule has 314 valence electrons. The van der Waals surface area contributed by atoms with Crippen LogP contribution < -0.4 is 36.4 Å². The van der Waals surface area contributed by atoms with Crippen LogP contribution in [0.3, 0.4) is 0 Å². The lowest BCUT2D eigenvalue weighted by Gasteiger charge is -2.40. The number of carbonyl (C=O) groups is 4. The minimum Gasteiger partial charge on any atom is -0.372 e.